The van der Waals surface area contributed by atoms with Crippen molar-refractivity contribution in [2.24, 2.45) is 0 Å². The zero-order chi connectivity index (χ0) is 19.0. The van der Waals surface area contributed by atoms with E-state index in [2.05, 4.69) is 17.1 Å². The maximum Gasteiger partial charge on any atom is 0.260 e. The van der Waals surface area contributed by atoms with Crippen molar-refractivity contribution in [1.82, 2.24) is 9.88 Å². The third kappa shape index (κ3) is 3.60. The molecular weight excluding hydrogens is 383 g/mol. The largest absolute Gasteiger partial charge is 0.480 e. The molecule has 1 aromatic heterocycles. The fourth-order valence-corrected chi connectivity index (χ4v) is 3.93. The van der Waals surface area contributed by atoms with Gasteiger partial charge in [-0.1, -0.05) is 47.5 Å². The molecule has 2 aromatic carbocycles. The van der Waals surface area contributed by atoms with E-state index in [4.69, 9.17) is 27.9 Å². The molecule has 0 spiro atoms. The molecule has 0 fully saturated rings. The third-order valence-electron chi connectivity index (χ3n) is 4.80. The van der Waals surface area contributed by atoms with Crippen LogP contribution in [0.1, 0.15) is 16.8 Å². The lowest BCUT2D eigenvalue weighted by molar-refractivity contribution is -0.134. The molecule has 27 heavy (non-hydrogen) atoms. The predicted octanol–water partition coefficient (Wildman–Crippen LogP) is 4.81. The van der Waals surface area contributed by atoms with Gasteiger partial charge in [-0.05, 0) is 42.7 Å². The van der Waals surface area contributed by atoms with Crippen molar-refractivity contribution >= 4 is 40.0 Å². The average molecular weight is 401 g/mol. The van der Waals surface area contributed by atoms with Crippen LogP contribution in [0.4, 0.5) is 0 Å². The molecule has 1 aliphatic heterocycles. The van der Waals surface area contributed by atoms with Crippen LogP contribution in [0.25, 0.3) is 10.9 Å². The Kier molecular flexibility index (Phi) is 4.94. The lowest BCUT2D eigenvalue weighted by Crippen LogP contribution is -2.38. The van der Waals surface area contributed by atoms with Crippen LogP contribution >= 0.6 is 23.2 Å². The molecule has 2 heterocycles. The van der Waals surface area contributed by atoms with Crippen molar-refractivity contribution in [3.05, 3.63) is 69.3 Å². The molecule has 6 heteroatoms. The molecule has 0 N–H and O–H groups in total. The van der Waals surface area contributed by atoms with Gasteiger partial charge in [0, 0.05) is 24.2 Å². The normalized spacial score (nSPS) is 13.5. The number of aromatic nitrogens is 1. The Hall–Kier alpha value is -2.30. The second-order valence-electron chi connectivity index (χ2n) is 6.64. The van der Waals surface area contributed by atoms with E-state index in [1.54, 1.807) is 6.07 Å². The number of aryl methyl sites for hydroxylation is 1. The second-order valence-corrected chi connectivity index (χ2v) is 7.46. The first-order valence-corrected chi connectivity index (χ1v) is 9.51. The van der Waals surface area contributed by atoms with Gasteiger partial charge in [-0.2, -0.15) is 0 Å². The molecule has 0 saturated carbocycles. The molecule has 4 rings (SSSR count). The standard InChI is InChI=1S/C21H18Cl2N2O2/c1-13-6-7-16-17(22)10-18(23)21(20(16)24-13)27-12-19(26)25-9-8-14-4-2-3-5-15(14)11-25/h2-7,10H,8-9,11-12H2,1H3. The fourth-order valence-electron chi connectivity index (χ4n) is 3.36. The number of carbonyl (C=O) groups excluding carboxylic acids is 1. The quantitative estimate of drug-likeness (QED) is 0.633. The van der Waals surface area contributed by atoms with E-state index in [0.29, 0.717) is 34.4 Å². The number of fused-ring (bicyclic) bond motifs is 2. The van der Waals surface area contributed by atoms with Gasteiger partial charge in [0.05, 0.1) is 10.0 Å². The Morgan fingerprint density at radius 3 is 2.74 bits per heavy atom. The zero-order valence-corrected chi connectivity index (χ0v) is 16.3. The number of nitrogens with zero attached hydrogens (tertiary/aromatic N) is 2. The van der Waals surface area contributed by atoms with E-state index in [0.717, 1.165) is 17.5 Å². The SMILES string of the molecule is Cc1ccc2c(Cl)cc(Cl)c(OCC(=O)N3CCc4ccccc4C3)c2n1. The fraction of sp³-hybridized carbons (Fsp3) is 0.238. The van der Waals surface area contributed by atoms with Crippen LogP contribution < -0.4 is 4.74 Å². The van der Waals surface area contributed by atoms with Crippen molar-refractivity contribution < 1.29 is 9.53 Å². The maximum absolute atomic E-state index is 12.7. The summed E-state index contributed by atoms with van der Waals surface area (Å²) in [6.07, 6.45) is 0.854. The van der Waals surface area contributed by atoms with Crippen molar-refractivity contribution in [3.63, 3.8) is 0 Å². The summed E-state index contributed by atoms with van der Waals surface area (Å²) in [5.74, 6) is 0.321. The Morgan fingerprint density at radius 2 is 1.93 bits per heavy atom. The highest BCUT2D eigenvalue weighted by Crippen LogP contribution is 2.37. The van der Waals surface area contributed by atoms with E-state index < -0.39 is 0 Å². The van der Waals surface area contributed by atoms with Gasteiger partial charge < -0.3 is 9.64 Å². The topological polar surface area (TPSA) is 42.4 Å². The van der Waals surface area contributed by atoms with Crippen molar-refractivity contribution in [2.45, 2.75) is 19.9 Å². The minimum Gasteiger partial charge on any atom is -0.480 e. The number of pyridine rings is 1. The maximum atomic E-state index is 12.7. The first kappa shape index (κ1) is 18.1. The van der Waals surface area contributed by atoms with Gasteiger partial charge in [0.2, 0.25) is 0 Å². The van der Waals surface area contributed by atoms with Crippen molar-refractivity contribution in [1.29, 1.82) is 0 Å². The summed E-state index contributed by atoms with van der Waals surface area (Å²) in [5.41, 5.74) is 3.88. The molecule has 0 aliphatic carbocycles. The Morgan fingerprint density at radius 1 is 1.15 bits per heavy atom. The number of hydrogen-bond donors (Lipinski definition) is 0. The van der Waals surface area contributed by atoms with Crippen molar-refractivity contribution in [2.75, 3.05) is 13.2 Å². The van der Waals surface area contributed by atoms with Gasteiger partial charge in [-0.3, -0.25) is 4.79 Å². The van der Waals surface area contributed by atoms with E-state index in [9.17, 15) is 4.79 Å². The lowest BCUT2D eigenvalue weighted by atomic mass is 10.00. The van der Waals surface area contributed by atoms with Gasteiger partial charge in [0.25, 0.3) is 5.91 Å². The minimum absolute atomic E-state index is 0.0728. The van der Waals surface area contributed by atoms with Crippen LogP contribution in [0.3, 0.4) is 0 Å². The first-order valence-electron chi connectivity index (χ1n) is 8.75. The highest BCUT2D eigenvalue weighted by molar-refractivity contribution is 6.39. The summed E-state index contributed by atoms with van der Waals surface area (Å²) >= 11 is 12.6. The monoisotopic (exact) mass is 400 g/mol. The number of ether oxygens (including phenoxy) is 1. The van der Waals surface area contributed by atoms with E-state index >= 15 is 0 Å². The molecule has 1 aliphatic rings. The summed E-state index contributed by atoms with van der Waals surface area (Å²) in [6, 6.07) is 13.6. The number of rotatable bonds is 3. The third-order valence-corrected chi connectivity index (χ3v) is 5.39. The highest BCUT2D eigenvalue weighted by Gasteiger charge is 2.22. The number of benzene rings is 2. The molecule has 0 atom stereocenters. The van der Waals surface area contributed by atoms with Gasteiger partial charge in [0.15, 0.2) is 12.4 Å². The van der Waals surface area contributed by atoms with E-state index in [1.807, 2.05) is 36.1 Å². The van der Waals surface area contributed by atoms with E-state index in [1.165, 1.54) is 11.1 Å². The van der Waals surface area contributed by atoms with E-state index in [-0.39, 0.29) is 12.5 Å². The molecule has 3 aromatic rings. The van der Waals surface area contributed by atoms with Crippen LogP contribution in [-0.2, 0) is 17.8 Å². The van der Waals surface area contributed by atoms with Crippen LogP contribution in [-0.4, -0.2) is 28.9 Å². The zero-order valence-electron chi connectivity index (χ0n) is 14.8. The highest BCUT2D eigenvalue weighted by atomic mass is 35.5. The smallest absolute Gasteiger partial charge is 0.260 e. The number of hydrogen-bond acceptors (Lipinski definition) is 3. The summed E-state index contributed by atoms with van der Waals surface area (Å²) in [4.78, 5) is 19.0. The predicted molar refractivity (Wildman–Crippen MR) is 108 cm³/mol. The van der Waals surface area contributed by atoms with Gasteiger partial charge in [-0.15, -0.1) is 0 Å². The lowest BCUT2D eigenvalue weighted by Gasteiger charge is -2.28. The number of halogens is 2. The summed E-state index contributed by atoms with van der Waals surface area (Å²) in [6.45, 7) is 3.08. The molecule has 0 unspecified atom stereocenters. The minimum atomic E-state index is -0.0890. The summed E-state index contributed by atoms with van der Waals surface area (Å²) in [7, 11) is 0. The van der Waals surface area contributed by atoms with Crippen LogP contribution in [0.5, 0.6) is 5.75 Å². The summed E-state index contributed by atoms with van der Waals surface area (Å²) in [5, 5.41) is 1.61. The Balaban J connectivity index is 1.54. The molecule has 0 bridgehead atoms. The Labute approximate surface area is 167 Å². The van der Waals surface area contributed by atoms with Crippen LogP contribution in [0.2, 0.25) is 10.0 Å². The number of amides is 1. The van der Waals surface area contributed by atoms with Crippen LogP contribution in [0.15, 0.2) is 42.5 Å². The molecule has 4 nitrogen and oxygen atoms in total. The van der Waals surface area contributed by atoms with Gasteiger partial charge in [0.1, 0.15) is 5.52 Å². The van der Waals surface area contributed by atoms with Crippen molar-refractivity contribution in [3.8, 4) is 5.75 Å². The average Bonchev–Trinajstić information content (AvgIpc) is 2.67. The van der Waals surface area contributed by atoms with Crippen LogP contribution in [0, 0.1) is 6.92 Å². The number of carbonyl (C=O) groups is 1. The molecular formula is C21H18Cl2N2O2. The molecule has 1 amide bonds. The first-order chi connectivity index (χ1) is 13.0. The van der Waals surface area contributed by atoms with Gasteiger partial charge in [-0.25, -0.2) is 4.98 Å². The second kappa shape index (κ2) is 7.37. The molecule has 138 valence electrons. The Bertz CT molecular complexity index is 1040. The summed E-state index contributed by atoms with van der Waals surface area (Å²) < 4.78 is 5.82. The van der Waals surface area contributed by atoms with Gasteiger partial charge >= 0.3 is 0 Å². The molecule has 0 radical (unpaired) electrons. The molecule has 0 saturated heterocycles.